The molecule has 0 aliphatic heterocycles. The van der Waals surface area contributed by atoms with Gasteiger partial charge < -0.3 is 0 Å². The highest BCUT2D eigenvalue weighted by atomic mass is 14.7. The molecule has 0 unspecified atom stereocenters. The van der Waals surface area contributed by atoms with E-state index in [0.717, 1.165) is 6.42 Å². The summed E-state index contributed by atoms with van der Waals surface area (Å²) >= 11 is 0. The van der Waals surface area contributed by atoms with E-state index in [2.05, 4.69) is 31.8 Å². The van der Waals surface area contributed by atoms with Gasteiger partial charge in [0, 0.05) is 11.9 Å². The minimum absolute atomic E-state index is 0.698. The maximum absolute atomic E-state index is 4.28. The van der Waals surface area contributed by atoms with Gasteiger partial charge in [-0.3, -0.25) is 4.98 Å². The highest BCUT2D eigenvalue weighted by Crippen LogP contribution is 2.06. The molecule has 0 saturated carbocycles. The summed E-state index contributed by atoms with van der Waals surface area (Å²) in [6.07, 6.45) is 2.97. The van der Waals surface area contributed by atoms with Gasteiger partial charge in [0.1, 0.15) is 0 Å². The van der Waals surface area contributed by atoms with Crippen molar-refractivity contribution in [2.45, 2.75) is 41.0 Å². The smallest absolute Gasteiger partial charge is 0.0408 e. The van der Waals surface area contributed by atoms with Gasteiger partial charge in [-0.25, -0.2) is 0 Å². The van der Waals surface area contributed by atoms with Gasteiger partial charge in [0.15, 0.2) is 0 Å². The molecule has 0 atom stereocenters. The van der Waals surface area contributed by atoms with Gasteiger partial charge in [-0.2, -0.15) is 0 Å². The summed E-state index contributed by atoms with van der Waals surface area (Å²) in [6, 6.07) is 4.18. The first-order valence-corrected chi connectivity index (χ1v) is 5.10. The van der Waals surface area contributed by atoms with Crippen molar-refractivity contribution in [3.63, 3.8) is 0 Å². The first kappa shape index (κ1) is 12.2. The highest BCUT2D eigenvalue weighted by Gasteiger charge is 1.97. The Morgan fingerprint density at radius 3 is 2.38 bits per heavy atom. The van der Waals surface area contributed by atoms with Crippen molar-refractivity contribution in [3.05, 3.63) is 29.6 Å². The zero-order valence-electron chi connectivity index (χ0n) is 9.46. The van der Waals surface area contributed by atoms with Crippen molar-refractivity contribution in [1.82, 2.24) is 4.98 Å². The number of nitrogens with zero attached hydrogens (tertiary/aromatic N) is 1. The Morgan fingerprint density at radius 2 is 1.92 bits per heavy atom. The fourth-order valence-corrected chi connectivity index (χ4v) is 1.13. The molecular weight excluding hydrogens is 158 g/mol. The normalized spacial score (nSPS) is 9.38. The molecule has 0 fully saturated rings. The van der Waals surface area contributed by atoms with Crippen LogP contribution in [0.3, 0.4) is 0 Å². The van der Waals surface area contributed by atoms with E-state index in [0.29, 0.717) is 5.92 Å². The van der Waals surface area contributed by atoms with Crippen LogP contribution in [0.25, 0.3) is 0 Å². The van der Waals surface area contributed by atoms with Gasteiger partial charge in [0.05, 0.1) is 0 Å². The maximum Gasteiger partial charge on any atom is 0.0408 e. The van der Waals surface area contributed by atoms with Crippen LogP contribution in [-0.4, -0.2) is 4.98 Å². The molecule has 0 aliphatic rings. The Hall–Kier alpha value is -0.850. The summed E-state index contributed by atoms with van der Waals surface area (Å²) in [4.78, 5) is 4.28. The summed E-state index contributed by atoms with van der Waals surface area (Å²) in [5.74, 6) is 0.698. The first-order chi connectivity index (χ1) is 6.18. The van der Waals surface area contributed by atoms with E-state index in [9.17, 15) is 0 Å². The van der Waals surface area contributed by atoms with Crippen molar-refractivity contribution < 1.29 is 0 Å². The van der Waals surface area contributed by atoms with Crippen molar-refractivity contribution in [2.24, 2.45) is 5.92 Å². The average molecular weight is 179 g/mol. The second-order valence-electron chi connectivity index (χ2n) is 3.42. The summed E-state index contributed by atoms with van der Waals surface area (Å²) in [6.45, 7) is 10.5. The van der Waals surface area contributed by atoms with E-state index < -0.39 is 0 Å². The van der Waals surface area contributed by atoms with Gasteiger partial charge in [0.25, 0.3) is 0 Å². The molecule has 0 aromatic carbocycles. The molecule has 0 N–H and O–H groups in total. The second kappa shape index (κ2) is 6.64. The third-order valence-corrected chi connectivity index (χ3v) is 1.59. The second-order valence-corrected chi connectivity index (χ2v) is 3.42. The molecule has 1 aromatic heterocycles. The van der Waals surface area contributed by atoms with E-state index >= 15 is 0 Å². The topological polar surface area (TPSA) is 12.9 Å². The summed E-state index contributed by atoms with van der Waals surface area (Å²) in [5.41, 5.74) is 2.51. The molecule has 1 aromatic rings. The first-order valence-electron chi connectivity index (χ1n) is 5.10. The lowest BCUT2D eigenvalue weighted by molar-refractivity contribution is 0.635. The van der Waals surface area contributed by atoms with Crippen molar-refractivity contribution in [3.8, 4) is 0 Å². The number of aryl methyl sites for hydroxylation is 1. The van der Waals surface area contributed by atoms with E-state index in [1.54, 1.807) is 0 Å². The fourth-order valence-electron chi connectivity index (χ4n) is 1.13. The van der Waals surface area contributed by atoms with Crippen LogP contribution < -0.4 is 0 Å². The average Bonchev–Trinajstić information content (AvgIpc) is 2.06. The third-order valence-electron chi connectivity index (χ3n) is 1.59. The van der Waals surface area contributed by atoms with E-state index in [1.807, 2.05) is 26.1 Å². The van der Waals surface area contributed by atoms with Crippen LogP contribution in [-0.2, 0) is 6.42 Å². The zero-order valence-corrected chi connectivity index (χ0v) is 9.46. The van der Waals surface area contributed by atoms with Crippen LogP contribution in [0.15, 0.2) is 18.3 Å². The molecule has 0 radical (unpaired) electrons. The summed E-state index contributed by atoms with van der Waals surface area (Å²) in [5, 5.41) is 0. The number of rotatable bonds is 2. The summed E-state index contributed by atoms with van der Waals surface area (Å²) in [7, 11) is 0. The monoisotopic (exact) mass is 179 g/mol. The minimum Gasteiger partial charge on any atom is -0.261 e. The number of aromatic nitrogens is 1. The lowest BCUT2D eigenvalue weighted by Gasteiger charge is -2.03. The molecular formula is C12H21N. The predicted octanol–water partition coefficient (Wildman–Crippen LogP) is 3.61. The Morgan fingerprint density at radius 1 is 1.31 bits per heavy atom. The van der Waals surface area contributed by atoms with Gasteiger partial charge in [0.2, 0.25) is 0 Å². The number of hydrogen-bond acceptors (Lipinski definition) is 1. The number of hydrogen-bond donors (Lipinski definition) is 0. The Bertz CT molecular complexity index is 228. The minimum atomic E-state index is 0.698. The molecule has 0 aliphatic carbocycles. The van der Waals surface area contributed by atoms with Crippen LogP contribution in [0, 0.1) is 12.8 Å². The predicted molar refractivity (Wildman–Crippen MR) is 58.9 cm³/mol. The van der Waals surface area contributed by atoms with Crippen LogP contribution in [0.5, 0.6) is 0 Å². The molecule has 0 amide bonds. The maximum atomic E-state index is 4.28. The summed E-state index contributed by atoms with van der Waals surface area (Å²) < 4.78 is 0. The number of pyridine rings is 1. The van der Waals surface area contributed by atoms with E-state index in [-0.39, 0.29) is 0 Å². The highest BCUT2D eigenvalue weighted by molar-refractivity contribution is 5.14. The van der Waals surface area contributed by atoms with Crippen LogP contribution in [0.2, 0.25) is 0 Å². The third kappa shape index (κ3) is 5.40. The Labute approximate surface area is 82.2 Å². The molecule has 13 heavy (non-hydrogen) atoms. The standard InChI is InChI=1S/C10H15N.C2H6/c1-8(2)6-10-7-9(3)4-5-11-10;1-2/h4-5,7-8H,6H2,1-3H3;1-2H3. The van der Waals surface area contributed by atoms with Gasteiger partial charge >= 0.3 is 0 Å². The lowest BCUT2D eigenvalue weighted by atomic mass is 10.1. The van der Waals surface area contributed by atoms with Crippen LogP contribution >= 0.6 is 0 Å². The van der Waals surface area contributed by atoms with Crippen LogP contribution in [0.4, 0.5) is 0 Å². The molecule has 74 valence electrons. The molecule has 0 saturated heterocycles. The van der Waals surface area contributed by atoms with E-state index in [4.69, 9.17) is 0 Å². The molecule has 0 spiro atoms. The zero-order chi connectivity index (χ0) is 10.3. The molecule has 1 heteroatoms. The van der Waals surface area contributed by atoms with Gasteiger partial charge in [-0.1, -0.05) is 27.7 Å². The van der Waals surface area contributed by atoms with Crippen LogP contribution in [0.1, 0.15) is 39.0 Å². The van der Waals surface area contributed by atoms with E-state index in [1.165, 1.54) is 11.3 Å². The van der Waals surface area contributed by atoms with Gasteiger partial charge in [-0.05, 0) is 37.0 Å². The Balaban J connectivity index is 0.000000671. The molecule has 1 rings (SSSR count). The molecule has 0 bridgehead atoms. The van der Waals surface area contributed by atoms with Crippen molar-refractivity contribution in [1.29, 1.82) is 0 Å². The quantitative estimate of drug-likeness (QED) is 0.675. The van der Waals surface area contributed by atoms with Crippen molar-refractivity contribution >= 4 is 0 Å². The fraction of sp³-hybridized carbons (Fsp3) is 0.583. The lowest BCUT2D eigenvalue weighted by Crippen LogP contribution is -1.96. The largest absolute Gasteiger partial charge is 0.261 e. The molecule has 1 heterocycles. The van der Waals surface area contributed by atoms with Gasteiger partial charge in [-0.15, -0.1) is 0 Å². The SMILES string of the molecule is CC.Cc1ccnc(CC(C)C)c1. The molecule has 1 nitrogen and oxygen atoms in total. The Kier molecular flexibility index (Phi) is 6.21. The van der Waals surface area contributed by atoms with Crippen molar-refractivity contribution in [2.75, 3.05) is 0 Å².